The highest BCUT2D eigenvalue weighted by molar-refractivity contribution is 5.94. The summed E-state index contributed by atoms with van der Waals surface area (Å²) < 4.78 is 10.5. The number of hydrazone groups is 1. The molecule has 1 aliphatic heterocycles. The van der Waals surface area contributed by atoms with Gasteiger partial charge < -0.3 is 14.8 Å². The molecule has 0 fully saturated rings. The Bertz CT molecular complexity index is 989. The minimum Gasteiger partial charge on any atom is -0.454 e. The highest BCUT2D eigenvalue weighted by Gasteiger charge is 2.13. The number of ether oxygens (including phenoxy) is 2. The zero-order valence-corrected chi connectivity index (χ0v) is 15.5. The number of non-ortho nitro benzene ring substituents is 1. The van der Waals surface area contributed by atoms with E-state index in [4.69, 9.17) is 9.47 Å². The van der Waals surface area contributed by atoms with Crippen LogP contribution in [-0.4, -0.2) is 29.7 Å². The maximum absolute atomic E-state index is 12.0. The van der Waals surface area contributed by atoms with Crippen LogP contribution >= 0.6 is 0 Å². The molecule has 10 heteroatoms. The first-order chi connectivity index (χ1) is 13.9. The van der Waals surface area contributed by atoms with E-state index in [9.17, 15) is 19.7 Å². The number of carbonyl (C=O) groups is 2. The zero-order chi connectivity index (χ0) is 20.8. The first-order valence-corrected chi connectivity index (χ1v) is 8.69. The van der Waals surface area contributed by atoms with Crippen LogP contribution < -0.4 is 20.2 Å². The van der Waals surface area contributed by atoms with Crippen molar-refractivity contribution in [1.82, 2.24) is 5.43 Å². The monoisotopic (exact) mass is 398 g/mol. The lowest BCUT2D eigenvalue weighted by Crippen LogP contribution is -2.20. The molecule has 1 heterocycles. The Labute approximate surface area is 165 Å². The van der Waals surface area contributed by atoms with Crippen LogP contribution in [0.2, 0.25) is 0 Å². The van der Waals surface area contributed by atoms with Crippen molar-refractivity contribution in [2.24, 2.45) is 5.10 Å². The molecule has 0 atom stereocenters. The van der Waals surface area contributed by atoms with E-state index in [2.05, 4.69) is 15.8 Å². The minimum absolute atomic E-state index is 0.0538. The Kier molecular flexibility index (Phi) is 6.03. The van der Waals surface area contributed by atoms with Gasteiger partial charge in [-0.1, -0.05) is 0 Å². The van der Waals surface area contributed by atoms with E-state index < -0.39 is 10.8 Å². The van der Waals surface area contributed by atoms with Gasteiger partial charge in [-0.2, -0.15) is 5.10 Å². The molecule has 0 bridgehead atoms. The van der Waals surface area contributed by atoms with Crippen LogP contribution in [0, 0.1) is 17.0 Å². The number of hydrogen-bond donors (Lipinski definition) is 2. The van der Waals surface area contributed by atoms with Gasteiger partial charge in [-0.15, -0.1) is 0 Å². The standard InChI is InChI=1S/C19H18N4O6/c1-12-8-14(23(26)27)3-4-15(12)21-18(24)6-7-19(25)22-20-10-13-2-5-16-17(9-13)29-11-28-16/h2-5,8-10H,6-7,11H2,1H3,(H,21,24)(H,22,25)/b20-10+. The van der Waals surface area contributed by atoms with E-state index in [1.165, 1.54) is 24.4 Å². The minimum atomic E-state index is -0.507. The van der Waals surface area contributed by atoms with E-state index in [1.54, 1.807) is 25.1 Å². The fraction of sp³-hybridized carbons (Fsp3) is 0.211. The molecule has 2 aromatic carbocycles. The van der Waals surface area contributed by atoms with E-state index in [1.807, 2.05) is 0 Å². The quantitative estimate of drug-likeness (QED) is 0.418. The van der Waals surface area contributed by atoms with Crippen LogP contribution in [0.25, 0.3) is 0 Å². The molecular formula is C19H18N4O6. The predicted molar refractivity (Wildman–Crippen MR) is 104 cm³/mol. The maximum Gasteiger partial charge on any atom is 0.269 e. The third-order valence-corrected chi connectivity index (χ3v) is 4.07. The van der Waals surface area contributed by atoms with Gasteiger partial charge >= 0.3 is 0 Å². The number of benzene rings is 2. The molecule has 1 aliphatic rings. The topological polar surface area (TPSA) is 132 Å². The molecule has 2 amide bonds. The van der Waals surface area contributed by atoms with Gasteiger partial charge in [0, 0.05) is 30.7 Å². The first-order valence-electron chi connectivity index (χ1n) is 8.69. The third kappa shape index (κ3) is 5.28. The summed E-state index contributed by atoms with van der Waals surface area (Å²) in [5.41, 5.74) is 4.04. The molecule has 0 saturated carbocycles. The molecule has 0 spiro atoms. The van der Waals surface area contributed by atoms with Crippen molar-refractivity contribution in [2.45, 2.75) is 19.8 Å². The van der Waals surface area contributed by atoms with Crippen molar-refractivity contribution < 1.29 is 24.0 Å². The van der Waals surface area contributed by atoms with E-state index in [0.29, 0.717) is 22.7 Å². The average Bonchev–Trinajstić information content (AvgIpc) is 3.15. The van der Waals surface area contributed by atoms with Crippen molar-refractivity contribution in [3.63, 3.8) is 0 Å². The number of rotatable bonds is 7. The van der Waals surface area contributed by atoms with Crippen LogP contribution in [0.5, 0.6) is 11.5 Å². The number of nitro groups is 1. The lowest BCUT2D eigenvalue weighted by atomic mass is 10.1. The Morgan fingerprint density at radius 2 is 1.90 bits per heavy atom. The summed E-state index contributed by atoms with van der Waals surface area (Å²) in [4.78, 5) is 34.1. The molecule has 10 nitrogen and oxygen atoms in total. The Balaban J connectivity index is 1.44. The van der Waals surface area contributed by atoms with Gasteiger partial charge in [0.1, 0.15) is 0 Å². The number of fused-ring (bicyclic) bond motifs is 1. The second-order valence-electron chi connectivity index (χ2n) is 6.21. The van der Waals surface area contributed by atoms with Crippen molar-refractivity contribution in [1.29, 1.82) is 0 Å². The molecule has 0 unspecified atom stereocenters. The number of anilines is 1. The molecule has 3 rings (SSSR count). The third-order valence-electron chi connectivity index (χ3n) is 4.07. The van der Waals surface area contributed by atoms with Crippen LogP contribution in [0.4, 0.5) is 11.4 Å². The van der Waals surface area contributed by atoms with Gasteiger partial charge in [0.25, 0.3) is 5.69 Å². The first kappa shape index (κ1) is 19.8. The Morgan fingerprint density at radius 3 is 2.66 bits per heavy atom. The van der Waals surface area contributed by atoms with Gasteiger partial charge in [0.2, 0.25) is 18.6 Å². The lowest BCUT2D eigenvalue weighted by Gasteiger charge is -2.08. The van der Waals surface area contributed by atoms with Crippen LogP contribution in [0.15, 0.2) is 41.5 Å². The zero-order valence-electron chi connectivity index (χ0n) is 15.5. The lowest BCUT2D eigenvalue weighted by molar-refractivity contribution is -0.384. The summed E-state index contributed by atoms with van der Waals surface area (Å²) in [5, 5.41) is 17.2. The van der Waals surface area contributed by atoms with E-state index >= 15 is 0 Å². The summed E-state index contributed by atoms with van der Waals surface area (Å²) in [7, 11) is 0. The van der Waals surface area contributed by atoms with Crippen LogP contribution in [0.1, 0.15) is 24.0 Å². The predicted octanol–water partition coefficient (Wildman–Crippen LogP) is 2.50. The average molecular weight is 398 g/mol. The van der Waals surface area contributed by atoms with E-state index in [0.717, 1.165) is 5.56 Å². The highest BCUT2D eigenvalue weighted by Crippen LogP contribution is 2.31. The molecule has 0 aromatic heterocycles. The molecule has 2 N–H and O–H groups in total. The largest absolute Gasteiger partial charge is 0.454 e. The number of nitrogens with one attached hydrogen (secondary N) is 2. The van der Waals surface area contributed by atoms with Gasteiger partial charge in [-0.25, -0.2) is 5.43 Å². The smallest absolute Gasteiger partial charge is 0.269 e. The highest BCUT2D eigenvalue weighted by atomic mass is 16.7. The fourth-order valence-electron chi connectivity index (χ4n) is 2.57. The van der Waals surface area contributed by atoms with Crippen LogP contribution in [-0.2, 0) is 9.59 Å². The van der Waals surface area contributed by atoms with Crippen molar-refractivity contribution in [3.8, 4) is 11.5 Å². The second-order valence-corrected chi connectivity index (χ2v) is 6.21. The molecule has 0 radical (unpaired) electrons. The normalized spacial score (nSPS) is 12.0. The van der Waals surface area contributed by atoms with Gasteiger partial charge in [-0.3, -0.25) is 19.7 Å². The van der Waals surface area contributed by atoms with Crippen molar-refractivity contribution in [2.75, 3.05) is 12.1 Å². The number of carbonyl (C=O) groups excluding carboxylic acids is 2. The second kappa shape index (κ2) is 8.83. The molecular weight excluding hydrogens is 380 g/mol. The maximum atomic E-state index is 12.0. The number of nitrogens with zero attached hydrogens (tertiary/aromatic N) is 2. The summed E-state index contributed by atoms with van der Waals surface area (Å²) in [6, 6.07) is 9.38. The Hall–Kier alpha value is -3.95. The van der Waals surface area contributed by atoms with Crippen molar-refractivity contribution >= 4 is 29.4 Å². The molecule has 0 saturated heterocycles. The summed E-state index contributed by atoms with van der Waals surface area (Å²) in [5.74, 6) is 0.466. The fourth-order valence-corrected chi connectivity index (χ4v) is 2.57. The SMILES string of the molecule is Cc1cc([N+](=O)[O-])ccc1NC(=O)CCC(=O)N/N=C/c1ccc2c(c1)OCO2. The summed E-state index contributed by atoms with van der Waals surface area (Å²) >= 11 is 0. The number of nitro benzene ring substituents is 1. The summed E-state index contributed by atoms with van der Waals surface area (Å²) in [6.45, 7) is 1.83. The number of aryl methyl sites for hydroxylation is 1. The number of amides is 2. The molecule has 0 aliphatic carbocycles. The Morgan fingerprint density at radius 1 is 1.14 bits per heavy atom. The van der Waals surface area contributed by atoms with Gasteiger partial charge in [0.05, 0.1) is 11.1 Å². The van der Waals surface area contributed by atoms with Crippen molar-refractivity contribution in [3.05, 3.63) is 57.6 Å². The summed E-state index contributed by atoms with van der Waals surface area (Å²) in [6.07, 6.45) is 1.35. The molecule has 2 aromatic rings. The van der Waals surface area contributed by atoms with Crippen LogP contribution in [0.3, 0.4) is 0 Å². The number of hydrogen-bond acceptors (Lipinski definition) is 7. The van der Waals surface area contributed by atoms with Gasteiger partial charge in [-0.05, 0) is 42.3 Å². The van der Waals surface area contributed by atoms with Gasteiger partial charge in [0.15, 0.2) is 11.5 Å². The molecule has 29 heavy (non-hydrogen) atoms. The van der Waals surface area contributed by atoms with E-state index in [-0.39, 0.29) is 31.2 Å². The molecule has 150 valence electrons.